The van der Waals surface area contributed by atoms with Crippen LogP contribution in [0.3, 0.4) is 0 Å². The van der Waals surface area contributed by atoms with Crippen LogP contribution >= 0.6 is 20.6 Å². The highest BCUT2D eigenvalue weighted by Gasteiger charge is 2.46. The van der Waals surface area contributed by atoms with Crippen molar-refractivity contribution in [1.29, 1.82) is 0 Å². The van der Waals surface area contributed by atoms with Crippen LogP contribution in [0.5, 0.6) is 0 Å². The molecule has 1 aliphatic heterocycles. The van der Waals surface area contributed by atoms with Gasteiger partial charge in [-0.25, -0.2) is 14.4 Å². The molecule has 0 aromatic carbocycles. The number of aromatic nitrogens is 4. The average molecular weight is 749 g/mol. The lowest BCUT2D eigenvalue weighted by atomic mass is 10.0. The molecule has 3 rings (SSSR count). The number of aryl methyl sites for hydroxylation is 1. The molecule has 0 spiro atoms. The molecule has 1 aliphatic rings. The van der Waals surface area contributed by atoms with E-state index >= 15 is 4.39 Å². The van der Waals surface area contributed by atoms with Crippen molar-refractivity contribution in [2.75, 3.05) is 19.8 Å². The Hall–Kier alpha value is -1.04. The Kier molecular flexibility index (Phi) is 24.9. The van der Waals surface area contributed by atoms with E-state index in [0.717, 1.165) is 25.9 Å². The first-order chi connectivity index (χ1) is 24.0. The summed E-state index contributed by atoms with van der Waals surface area (Å²) in [4.78, 5) is 12.6. The molecule has 6 atom stereocenters. The molecule has 50 heavy (non-hydrogen) atoms. The molecule has 3 N–H and O–H groups in total. The number of imidazole rings is 1. The summed E-state index contributed by atoms with van der Waals surface area (Å²) in [5.74, 6) is 0. The van der Waals surface area contributed by atoms with Crippen molar-refractivity contribution >= 4 is 31.8 Å². The van der Waals surface area contributed by atoms with Crippen molar-refractivity contribution in [3.63, 3.8) is 0 Å². The fourth-order valence-electron chi connectivity index (χ4n) is 6.47. The van der Waals surface area contributed by atoms with Gasteiger partial charge in [-0.3, -0.25) is 4.57 Å². The number of hydrogen-bond acceptors (Lipinski definition) is 8. The van der Waals surface area contributed by atoms with Crippen LogP contribution in [0.15, 0.2) is 6.33 Å². The lowest BCUT2D eigenvalue weighted by Crippen LogP contribution is -2.31. The largest absolute Gasteiger partial charge is 0.412 e. The Morgan fingerprint density at radius 3 is 2.02 bits per heavy atom. The van der Waals surface area contributed by atoms with Gasteiger partial charge in [-0.15, -0.1) is 0 Å². The zero-order valence-electron chi connectivity index (χ0n) is 31.1. The minimum absolute atomic E-state index is 0. The van der Waals surface area contributed by atoms with E-state index in [1.54, 1.807) is 6.92 Å². The highest BCUT2D eigenvalue weighted by atomic mass is 35.5. The van der Waals surface area contributed by atoms with Crippen molar-refractivity contribution in [3.05, 3.63) is 17.3 Å². The number of aliphatic hydroxyl groups is 1. The van der Waals surface area contributed by atoms with Crippen LogP contribution < -0.4 is 0 Å². The van der Waals surface area contributed by atoms with Crippen LogP contribution in [0.25, 0.3) is 11.2 Å². The third kappa shape index (κ3) is 16.7. The monoisotopic (exact) mass is 748 g/mol. The van der Waals surface area contributed by atoms with Crippen LogP contribution in [0, 0.1) is 6.92 Å². The van der Waals surface area contributed by atoms with Crippen molar-refractivity contribution in [2.24, 2.45) is 0 Å². The minimum Gasteiger partial charge on any atom is -0.412 e. The third-order valence-electron chi connectivity index (χ3n) is 9.50. The predicted octanol–water partition coefficient (Wildman–Crippen LogP) is 9.72. The average Bonchev–Trinajstić information content (AvgIpc) is 3.63. The van der Waals surface area contributed by atoms with Crippen molar-refractivity contribution in [1.82, 2.24) is 19.5 Å². The smallest absolute Gasteiger partial charge is 0.224 e. The van der Waals surface area contributed by atoms with Crippen molar-refractivity contribution in [2.45, 2.75) is 186 Å². The topological polar surface area (TPSA) is 132 Å². The van der Waals surface area contributed by atoms with Crippen LogP contribution in [-0.4, -0.2) is 74.4 Å². The summed E-state index contributed by atoms with van der Waals surface area (Å²) >= 11 is 6.03. The maximum Gasteiger partial charge on any atom is 0.224 e. The summed E-state index contributed by atoms with van der Waals surface area (Å²) in [7, 11) is -0.262. The molecule has 0 aliphatic carbocycles. The molecule has 290 valence electrons. The zero-order chi connectivity index (χ0) is 35.1. The maximum absolute atomic E-state index is 15.2. The fourth-order valence-corrected chi connectivity index (χ4v) is 7.25. The van der Waals surface area contributed by atoms with Gasteiger partial charge in [0.05, 0.1) is 31.3 Å². The molecule has 0 radical (unpaired) electrons. The van der Waals surface area contributed by atoms with Gasteiger partial charge in [0.2, 0.25) is 5.28 Å². The number of fused-ring (bicyclic) bond motifs is 1. The Morgan fingerprint density at radius 1 is 0.860 bits per heavy atom. The van der Waals surface area contributed by atoms with E-state index < -0.39 is 24.6 Å². The zero-order valence-corrected chi connectivity index (χ0v) is 32.8. The van der Waals surface area contributed by atoms with Gasteiger partial charge in [-0.2, -0.15) is 4.98 Å². The molecule has 1 fully saturated rings. The van der Waals surface area contributed by atoms with E-state index in [1.807, 2.05) is 0 Å². The number of rotatable bonds is 30. The fraction of sp³-hybridized carbons (Fsp3) is 0.865. The Balaban J connectivity index is 0.00000867. The molecular weight excluding hydrogens is 682 g/mol. The Labute approximate surface area is 307 Å². The molecule has 0 saturated carbocycles. The highest BCUT2D eigenvalue weighted by molar-refractivity contribution is 7.26. The normalized spacial score (nSPS) is 20.0. The lowest BCUT2D eigenvalue weighted by Gasteiger charge is -2.19. The van der Waals surface area contributed by atoms with Gasteiger partial charge in [0, 0.05) is 6.61 Å². The van der Waals surface area contributed by atoms with Gasteiger partial charge in [-0.05, 0) is 31.4 Å². The summed E-state index contributed by atoms with van der Waals surface area (Å²) in [6, 6.07) is 0. The lowest BCUT2D eigenvalue weighted by molar-refractivity contribution is -0.0418. The van der Waals surface area contributed by atoms with E-state index in [1.165, 1.54) is 126 Å². The molecule has 10 nitrogen and oxygen atoms in total. The second-order valence-corrected chi connectivity index (χ2v) is 14.8. The number of nitrogens with zero attached hydrogens (tertiary/aromatic N) is 4. The summed E-state index contributed by atoms with van der Waals surface area (Å²) in [6.45, 7) is 7.49. The van der Waals surface area contributed by atoms with Crippen molar-refractivity contribution in [3.8, 4) is 0 Å². The number of halogens is 2. The molecule has 3 heterocycles. The van der Waals surface area contributed by atoms with E-state index in [9.17, 15) is 5.11 Å². The number of aliphatic hydroxyl groups excluding tert-OH is 1. The molecule has 0 amide bonds. The van der Waals surface area contributed by atoms with Crippen LogP contribution in [0.2, 0.25) is 5.28 Å². The van der Waals surface area contributed by atoms with Gasteiger partial charge in [0.25, 0.3) is 0 Å². The second-order valence-electron chi connectivity index (χ2n) is 13.8. The summed E-state index contributed by atoms with van der Waals surface area (Å²) in [6.07, 6.45) is 23.5. The third-order valence-corrected chi connectivity index (χ3v) is 10.2. The Morgan fingerprint density at radius 2 is 1.42 bits per heavy atom. The van der Waals surface area contributed by atoms with Crippen molar-refractivity contribution < 1.29 is 33.5 Å². The van der Waals surface area contributed by atoms with Crippen LogP contribution in [-0.2, 0) is 18.5 Å². The van der Waals surface area contributed by atoms with Crippen LogP contribution in [0.1, 0.15) is 161 Å². The van der Waals surface area contributed by atoms with Crippen LogP contribution in [0.4, 0.5) is 4.39 Å². The minimum atomic E-state index is -1.69. The predicted molar refractivity (Wildman–Crippen MR) is 202 cm³/mol. The maximum atomic E-state index is 15.2. The summed E-state index contributed by atoms with van der Waals surface area (Å²) in [5.41, 5.74) is 1.45. The van der Waals surface area contributed by atoms with E-state index in [2.05, 4.69) is 28.8 Å². The van der Waals surface area contributed by atoms with Gasteiger partial charge in [-0.1, -0.05) is 136 Å². The van der Waals surface area contributed by atoms with E-state index in [4.69, 9.17) is 30.1 Å². The number of hydrogen-bond donors (Lipinski definition) is 1. The first-order valence-corrected chi connectivity index (χ1v) is 20.6. The SMILES string of the molecule is CCCCCCCCCCCCCCC(COPOCC1OC(n2cnc3c(C)nc(Cl)nc32)C(F)C1O)OCCCCCCCCCC.O. The Bertz CT molecular complexity index is 1140. The van der Waals surface area contributed by atoms with E-state index in [-0.39, 0.29) is 32.5 Å². The molecule has 6 unspecified atom stereocenters. The second kappa shape index (κ2) is 27.5. The first kappa shape index (κ1) is 45.1. The summed E-state index contributed by atoms with van der Waals surface area (Å²) in [5, 5.41) is 10.6. The van der Waals surface area contributed by atoms with E-state index in [0.29, 0.717) is 23.5 Å². The highest BCUT2D eigenvalue weighted by Crippen LogP contribution is 2.35. The van der Waals surface area contributed by atoms with Gasteiger partial charge < -0.3 is 29.1 Å². The quantitative estimate of drug-likeness (QED) is 0.0475. The first-order valence-electron chi connectivity index (χ1n) is 19.4. The number of ether oxygens (including phenoxy) is 2. The molecular formula is C37H67ClFN4O6P. The molecule has 0 bridgehead atoms. The molecule has 2 aromatic heterocycles. The van der Waals surface area contributed by atoms with Gasteiger partial charge in [0.15, 0.2) is 27.1 Å². The standard InChI is InChI=1S/C37H65ClFN4O5P.H2O/c1-4-6-8-10-12-14-15-16-17-18-20-22-24-30(45-25-23-21-19-13-11-9-7-5-2)26-46-49-47-27-31-34(44)32(39)36(48-31)43-28-40-33-29(3)41-37(38)42-35(33)43;/h28,30-32,34,36,44,49H,4-27H2,1-3H3;1H2. The van der Waals surface area contributed by atoms with Gasteiger partial charge >= 0.3 is 0 Å². The van der Waals surface area contributed by atoms with Gasteiger partial charge in [0.1, 0.15) is 17.7 Å². The summed E-state index contributed by atoms with van der Waals surface area (Å²) < 4.78 is 40.4. The molecule has 13 heteroatoms. The number of unbranched alkanes of at least 4 members (excludes halogenated alkanes) is 18. The number of alkyl halides is 1. The molecule has 1 saturated heterocycles. The molecule has 2 aromatic rings.